The molecular formula is C21H26N2O4. The Bertz CT molecular complexity index is 734. The SMILES string of the molecule is C#CCOc1cc(C(=O)NC[C@@H]2CC(=O)N(C3CCCC3)C2)ccc1OC. The average molecular weight is 370 g/mol. The Hall–Kier alpha value is -2.68. The van der Waals surface area contributed by atoms with Crippen LogP contribution >= 0.6 is 0 Å². The lowest BCUT2D eigenvalue weighted by Gasteiger charge is -2.24. The van der Waals surface area contributed by atoms with Gasteiger partial charge in [-0.3, -0.25) is 9.59 Å². The van der Waals surface area contributed by atoms with Crippen molar-refractivity contribution in [1.29, 1.82) is 0 Å². The van der Waals surface area contributed by atoms with Crippen molar-refractivity contribution in [1.82, 2.24) is 10.2 Å². The molecule has 2 fully saturated rings. The molecule has 1 heterocycles. The summed E-state index contributed by atoms with van der Waals surface area (Å²) in [7, 11) is 1.53. The van der Waals surface area contributed by atoms with Gasteiger partial charge >= 0.3 is 0 Å². The fourth-order valence-electron chi connectivity index (χ4n) is 3.90. The van der Waals surface area contributed by atoms with Gasteiger partial charge in [0.15, 0.2) is 11.5 Å². The summed E-state index contributed by atoms with van der Waals surface area (Å²) in [6, 6.07) is 5.38. The van der Waals surface area contributed by atoms with E-state index in [-0.39, 0.29) is 24.3 Å². The minimum atomic E-state index is -0.199. The Balaban J connectivity index is 1.56. The Morgan fingerprint density at radius 2 is 2.11 bits per heavy atom. The van der Waals surface area contributed by atoms with Gasteiger partial charge in [-0.2, -0.15) is 0 Å². The normalized spacial score (nSPS) is 19.8. The Morgan fingerprint density at radius 1 is 1.33 bits per heavy atom. The van der Waals surface area contributed by atoms with E-state index in [2.05, 4.69) is 11.2 Å². The van der Waals surface area contributed by atoms with Crippen LogP contribution in [0.4, 0.5) is 0 Å². The molecule has 0 aromatic heterocycles. The third kappa shape index (κ3) is 4.54. The molecule has 1 aliphatic heterocycles. The van der Waals surface area contributed by atoms with Gasteiger partial charge in [-0.25, -0.2) is 0 Å². The molecule has 0 spiro atoms. The van der Waals surface area contributed by atoms with Gasteiger partial charge in [-0.1, -0.05) is 18.8 Å². The molecule has 1 aliphatic carbocycles. The molecule has 2 aliphatic rings. The first-order valence-electron chi connectivity index (χ1n) is 9.44. The fraction of sp³-hybridized carbons (Fsp3) is 0.524. The van der Waals surface area contributed by atoms with Gasteiger partial charge in [-0.15, -0.1) is 6.42 Å². The van der Waals surface area contributed by atoms with Gasteiger partial charge < -0.3 is 19.7 Å². The number of hydrogen-bond donors (Lipinski definition) is 1. The van der Waals surface area contributed by atoms with Gasteiger partial charge in [0, 0.05) is 37.0 Å². The van der Waals surface area contributed by atoms with Crippen LogP contribution in [0.25, 0.3) is 0 Å². The van der Waals surface area contributed by atoms with Crippen molar-refractivity contribution in [3.05, 3.63) is 23.8 Å². The maximum absolute atomic E-state index is 12.5. The molecule has 1 N–H and O–H groups in total. The molecule has 1 aromatic rings. The van der Waals surface area contributed by atoms with Gasteiger partial charge in [0.25, 0.3) is 5.91 Å². The van der Waals surface area contributed by atoms with Crippen LogP contribution in [0.2, 0.25) is 0 Å². The lowest BCUT2D eigenvalue weighted by atomic mass is 10.1. The van der Waals surface area contributed by atoms with Crippen LogP contribution in [-0.2, 0) is 4.79 Å². The second-order valence-corrected chi connectivity index (χ2v) is 7.12. The molecule has 1 aromatic carbocycles. The maximum Gasteiger partial charge on any atom is 0.251 e. The molecule has 6 heteroatoms. The van der Waals surface area contributed by atoms with Crippen LogP contribution in [-0.4, -0.2) is 49.6 Å². The summed E-state index contributed by atoms with van der Waals surface area (Å²) in [4.78, 5) is 26.8. The quantitative estimate of drug-likeness (QED) is 0.748. The predicted octanol–water partition coefficient (Wildman–Crippen LogP) is 2.23. The van der Waals surface area contributed by atoms with Crippen molar-refractivity contribution in [3.63, 3.8) is 0 Å². The summed E-state index contributed by atoms with van der Waals surface area (Å²) in [5.74, 6) is 3.54. The zero-order valence-corrected chi connectivity index (χ0v) is 15.7. The molecule has 1 saturated carbocycles. The number of rotatable bonds is 7. The second-order valence-electron chi connectivity index (χ2n) is 7.12. The van der Waals surface area contributed by atoms with E-state index in [1.165, 1.54) is 20.0 Å². The second kappa shape index (κ2) is 8.81. The Kier molecular flexibility index (Phi) is 6.23. The molecular weight excluding hydrogens is 344 g/mol. The first-order chi connectivity index (χ1) is 13.1. The van der Waals surface area contributed by atoms with Gasteiger partial charge in [0.05, 0.1) is 7.11 Å². The van der Waals surface area contributed by atoms with Crippen molar-refractivity contribution in [2.75, 3.05) is 26.8 Å². The monoisotopic (exact) mass is 370 g/mol. The number of likely N-dealkylation sites (tertiary alicyclic amines) is 1. The van der Waals surface area contributed by atoms with Crippen molar-refractivity contribution >= 4 is 11.8 Å². The zero-order chi connectivity index (χ0) is 19.2. The molecule has 0 bridgehead atoms. The summed E-state index contributed by atoms with van der Waals surface area (Å²) in [5.41, 5.74) is 0.472. The number of hydrogen-bond acceptors (Lipinski definition) is 4. The van der Waals surface area contributed by atoms with E-state index in [1.807, 2.05) is 4.90 Å². The van der Waals surface area contributed by atoms with Crippen LogP contribution in [0.5, 0.6) is 11.5 Å². The maximum atomic E-state index is 12.5. The van der Waals surface area contributed by atoms with E-state index in [1.54, 1.807) is 18.2 Å². The highest BCUT2D eigenvalue weighted by Gasteiger charge is 2.35. The van der Waals surface area contributed by atoms with E-state index in [0.717, 1.165) is 19.4 Å². The predicted molar refractivity (Wildman–Crippen MR) is 102 cm³/mol. The summed E-state index contributed by atoms with van der Waals surface area (Å²) >= 11 is 0. The third-order valence-corrected chi connectivity index (χ3v) is 5.29. The third-order valence-electron chi connectivity index (χ3n) is 5.29. The average Bonchev–Trinajstić information content (AvgIpc) is 3.33. The lowest BCUT2D eigenvalue weighted by molar-refractivity contribution is -0.129. The van der Waals surface area contributed by atoms with Crippen molar-refractivity contribution in [2.24, 2.45) is 5.92 Å². The van der Waals surface area contributed by atoms with Crippen molar-refractivity contribution < 1.29 is 19.1 Å². The van der Waals surface area contributed by atoms with Crippen molar-refractivity contribution in [2.45, 2.75) is 38.1 Å². The molecule has 1 atom stereocenters. The molecule has 27 heavy (non-hydrogen) atoms. The largest absolute Gasteiger partial charge is 0.493 e. The van der Waals surface area contributed by atoms with E-state index in [0.29, 0.717) is 36.1 Å². The number of amides is 2. The molecule has 144 valence electrons. The number of ether oxygens (including phenoxy) is 2. The van der Waals surface area contributed by atoms with E-state index in [9.17, 15) is 9.59 Å². The minimum absolute atomic E-state index is 0.0998. The fourth-order valence-corrected chi connectivity index (χ4v) is 3.90. The van der Waals surface area contributed by atoms with Crippen LogP contribution in [0.1, 0.15) is 42.5 Å². The number of terminal acetylenes is 1. The first kappa shape index (κ1) is 19.1. The molecule has 1 saturated heterocycles. The highest BCUT2D eigenvalue weighted by molar-refractivity contribution is 5.95. The highest BCUT2D eigenvalue weighted by atomic mass is 16.5. The summed E-state index contributed by atoms with van der Waals surface area (Å²) < 4.78 is 10.7. The van der Waals surface area contributed by atoms with Crippen molar-refractivity contribution in [3.8, 4) is 23.8 Å². The van der Waals surface area contributed by atoms with E-state index >= 15 is 0 Å². The number of nitrogens with zero attached hydrogens (tertiary/aromatic N) is 1. The van der Waals surface area contributed by atoms with Crippen LogP contribution in [0, 0.1) is 18.3 Å². The van der Waals surface area contributed by atoms with E-state index < -0.39 is 0 Å². The van der Waals surface area contributed by atoms with Crippen LogP contribution in [0.15, 0.2) is 18.2 Å². The number of methoxy groups -OCH3 is 1. The highest BCUT2D eigenvalue weighted by Crippen LogP contribution is 2.30. The number of nitrogens with one attached hydrogen (secondary N) is 1. The molecule has 3 rings (SSSR count). The van der Waals surface area contributed by atoms with Gasteiger partial charge in [0.1, 0.15) is 6.61 Å². The first-order valence-corrected chi connectivity index (χ1v) is 9.44. The number of benzene rings is 1. The molecule has 2 amide bonds. The summed E-state index contributed by atoms with van der Waals surface area (Å²) in [6.07, 6.45) is 10.4. The van der Waals surface area contributed by atoms with Crippen LogP contribution in [0.3, 0.4) is 0 Å². The van der Waals surface area contributed by atoms with Gasteiger partial charge in [-0.05, 0) is 31.0 Å². The smallest absolute Gasteiger partial charge is 0.251 e. The number of carbonyl (C=O) groups excluding carboxylic acids is 2. The molecule has 0 radical (unpaired) electrons. The van der Waals surface area contributed by atoms with E-state index in [4.69, 9.17) is 15.9 Å². The number of carbonyl (C=O) groups is 2. The zero-order valence-electron chi connectivity index (χ0n) is 15.7. The Morgan fingerprint density at radius 3 is 2.81 bits per heavy atom. The summed E-state index contributed by atoms with van der Waals surface area (Å²) in [6.45, 7) is 1.33. The molecule has 6 nitrogen and oxygen atoms in total. The lowest BCUT2D eigenvalue weighted by Crippen LogP contribution is -2.36. The Labute approximate surface area is 160 Å². The van der Waals surface area contributed by atoms with Gasteiger partial charge in [0.2, 0.25) is 5.91 Å². The minimum Gasteiger partial charge on any atom is -0.493 e. The molecule has 0 unspecified atom stereocenters. The topological polar surface area (TPSA) is 67.9 Å². The van der Waals surface area contributed by atoms with Crippen LogP contribution < -0.4 is 14.8 Å². The summed E-state index contributed by atoms with van der Waals surface area (Å²) in [5, 5.41) is 2.94. The standard InChI is InChI=1S/C21H26N2O4/c1-3-10-27-19-12-16(8-9-18(19)26-2)21(25)22-13-15-11-20(24)23(14-15)17-6-4-5-7-17/h1,8-9,12,15,17H,4-7,10-11,13-14H2,2H3,(H,22,25)/t15-/m0/s1.